The van der Waals surface area contributed by atoms with Crippen LogP contribution in [-0.4, -0.2) is 30.1 Å². The topological polar surface area (TPSA) is 80.4 Å². The van der Waals surface area contributed by atoms with Gasteiger partial charge in [-0.05, 0) is 31.2 Å². The largest absolute Gasteiger partial charge is 0.495 e. The molecule has 21 heavy (non-hydrogen) atoms. The maximum atomic E-state index is 12.0. The van der Waals surface area contributed by atoms with Gasteiger partial charge in [-0.1, -0.05) is 12.1 Å². The van der Waals surface area contributed by atoms with E-state index >= 15 is 0 Å². The summed E-state index contributed by atoms with van der Waals surface area (Å²) >= 11 is 0. The van der Waals surface area contributed by atoms with Crippen LogP contribution in [0.3, 0.4) is 0 Å². The molecule has 1 atom stereocenters. The summed E-state index contributed by atoms with van der Waals surface area (Å²) in [5, 5.41) is 2.66. The van der Waals surface area contributed by atoms with E-state index in [2.05, 4.69) is 10.3 Å². The van der Waals surface area contributed by atoms with Crippen molar-refractivity contribution in [2.45, 2.75) is 13.0 Å². The number of rotatable bonds is 5. The third kappa shape index (κ3) is 3.62. The Labute approximate surface area is 122 Å². The molecule has 1 aromatic carbocycles. The molecule has 0 unspecified atom stereocenters. The maximum Gasteiger partial charge on any atom is 0.355 e. The summed E-state index contributed by atoms with van der Waals surface area (Å²) in [6, 6.07) is 10.3. The molecule has 1 heterocycles. The molecule has 0 aliphatic carbocycles. The molecular weight excluding hydrogens is 272 g/mol. The van der Waals surface area contributed by atoms with Gasteiger partial charge in [-0.3, -0.25) is 4.79 Å². The van der Waals surface area contributed by atoms with Crippen LogP contribution in [0.1, 0.15) is 17.4 Å². The molecule has 6 heteroatoms. The predicted octanol–water partition coefficient (Wildman–Crippen LogP) is 2.21. The van der Waals surface area contributed by atoms with Gasteiger partial charge in [0.05, 0.1) is 12.8 Å². The van der Waals surface area contributed by atoms with E-state index in [1.54, 1.807) is 42.6 Å². The number of aromatic nitrogens is 1. The predicted molar refractivity (Wildman–Crippen MR) is 77.3 cm³/mol. The van der Waals surface area contributed by atoms with E-state index in [4.69, 9.17) is 9.47 Å². The molecule has 2 rings (SSSR count). The smallest absolute Gasteiger partial charge is 0.355 e. The maximum absolute atomic E-state index is 12.0. The lowest BCUT2D eigenvalue weighted by molar-refractivity contribution is -0.123. The molecule has 0 aliphatic rings. The molecule has 0 saturated carbocycles. The monoisotopic (exact) mass is 288 g/mol. The van der Waals surface area contributed by atoms with Crippen molar-refractivity contribution < 1.29 is 19.1 Å². The van der Waals surface area contributed by atoms with Gasteiger partial charge in [0.2, 0.25) is 0 Å². The van der Waals surface area contributed by atoms with Crippen LogP contribution in [0.5, 0.6) is 5.75 Å². The standard InChI is InChI=1S/C15H16N2O4/c1-10(21-15(19)12-7-5-9-16-12)14(18)17-11-6-3-4-8-13(11)20-2/h3-10,16H,1-2H3,(H,17,18)/t10-/m1/s1. The third-order valence-corrected chi connectivity index (χ3v) is 2.84. The zero-order chi connectivity index (χ0) is 15.2. The summed E-state index contributed by atoms with van der Waals surface area (Å²) in [7, 11) is 1.51. The molecule has 0 saturated heterocycles. The minimum absolute atomic E-state index is 0.298. The van der Waals surface area contributed by atoms with Crippen LogP contribution in [0.15, 0.2) is 42.6 Å². The highest BCUT2D eigenvalue weighted by Crippen LogP contribution is 2.23. The highest BCUT2D eigenvalue weighted by molar-refractivity contribution is 5.97. The number of carbonyl (C=O) groups is 2. The van der Waals surface area contributed by atoms with Crippen molar-refractivity contribution in [3.63, 3.8) is 0 Å². The summed E-state index contributed by atoms with van der Waals surface area (Å²) in [5.41, 5.74) is 0.819. The zero-order valence-corrected chi connectivity index (χ0v) is 11.8. The first-order chi connectivity index (χ1) is 10.1. The van der Waals surface area contributed by atoms with E-state index in [0.717, 1.165) is 0 Å². The number of esters is 1. The van der Waals surface area contributed by atoms with Gasteiger partial charge < -0.3 is 19.8 Å². The highest BCUT2D eigenvalue weighted by Gasteiger charge is 2.20. The van der Waals surface area contributed by atoms with Gasteiger partial charge in [-0.15, -0.1) is 0 Å². The van der Waals surface area contributed by atoms with Gasteiger partial charge in [0.1, 0.15) is 11.4 Å². The summed E-state index contributed by atoms with van der Waals surface area (Å²) in [6.45, 7) is 1.51. The molecule has 0 spiro atoms. The number of nitrogens with one attached hydrogen (secondary N) is 2. The van der Waals surface area contributed by atoms with Crippen LogP contribution in [0.2, 0.25) is 0 Å². The van der Waals surface area contributed by atoms with Crippen molar-refractivity contribution in [2.75, 3.05) is 12.4 Å². The SMILES string of the molecule is COc1ccccc1NC(=O)[C@@H](C)OC(=O)c1ccc[nH]1. The van der Waals surface area contributed by atoms with Gasteiger partial charge in [0.15, 0.2) is 6.10 Å². The van der Waals surface area contributed by atoms with Gasteiger partial charge in [0.25, 0.3) is 5.91 Å². The average Bonchev–Trinajstić information content (AvgIpc) is 3.02. The minimum atomic E-state index is -0.925. The van der Waals surface area contributed by atoms with E-state index in [0.29, 0.717) is 17.1 Å². The van der Waals surface area contributed by atoms with Crippen molar-refractivity contribution in [3.05, 3.63) is 48.3 Å². The number of amides is 1. The molecule has 110 valence electrons. The first-order valence-electron chi connectivity index (χ1n) is 6.40. The summed E-state index contributed by atoms with van der Waals surface area (Å²) in [4.78, 5) is 26.5. The number of carbonyl (C=O) groups excluding carboxylic acids is 2. The fourth-order valence-corrected chi connectivity index (χ4v) is 1.72. The number of para-hydroxylation sites is 2. The van der Waals surface area contributed by atoms with E-state index in [1.165, 1.54) is 14.0 Å². The van der Waals surface area contributed by atoms with Crippen molar-refractivity contribution in [3.8, 4) is 5.75 Å². The number of methoxy groups -OCH3 is 1. The molecule has 2 aromatic rings. The number of ether oxygens (including phenoxy) is 2. The summed E-state index contributed by atoms with van der Waals surface area (Å²) < 4.78 is 10.2. The molecule has 0 radical (unpaired) electrons. The Kier molecular flexibility index (Phi) is 4.61. The fourth-order valence-electron chi connectivity index (χ4n) is 1.72. The van der Waals surface area contributed by atoms with Crippen LogP contribution >= 0.6 is 0 Å². The van der Waals surface area contributed by atoms with E-state index in [9.17, 15) is 9.59 Å². The first kappa shape index (κ1) is 14.6. The lowest BCUT2D eigenvalue weighted by atomic mass is 10.2. The second kappa shape index (κ2) is 6.60. The quantitative estimate of drug-likeness (QED) is 0.827. The van der Waals surface area contributed by atoms with Crippen LogP contribution in [0, 0.1) is 0 Å². The molecular formula is C15H16N2O4. The van der Waals surface area contributed by atoms with Crippen molar-refractivity contribution in [2.24, 2.45) is 0 Å². The van der Waals surface area contributed by atoms with Crippen LogP contribution in [-0.2, 0) is 9.53 Å². The van der Waals surface area contributed by atoms with Gasteiger partial charge in [0, 0.05) is 6.20 Å². The molecule has 0 aliphatic heterocycles. The normalized spacial score (nSPS) is 11.5. The van der Waals surface area contributed by atoms with Crippen LogP contribution in [0.4, 0.5) is 5.69 Å². The second-order valence-corrected chi connectivity index (χ2v) is 4.32. The fraction of sp³-hybridized carbons (Fsp3) is 0.200. The zero-order valence-electron chi connectivity index (χ0n) is 11.8. The lowest BCUT2D eigenvalue weighted by Gasteiger charge is -2.14. The summed E-state index contributed by atoms with van der Waals surface area (Å²) in [5.74, 6) is -0.476. The Morgan fingerprint density at radius 1 is 1.19 bits per heavy atom. The Bertz CT molecular complexity index is 622. The average molecular weight is 288 g/mol. The van der Waals surface area contributed by atoms with Crippen molar-refractivity contribution >= 4 is 17.6 Å². The van der Waals surface area contributed by atoms with Gasteiger partial charge in [-0.2, -0.15) is 0 Å². The first-order valence-corrected chi connectivity index (χ1v) is 6.40. The number of hydrogen-bond acceptors (Lipinski definition) is 4. The Hall–Kier alpha value is -2.76. The number of anilines is 1. The number of aromatic amines is 1. The van der Waals surface area contributed by atoms with Crippen molar-refractivity contribution in [1.29, 1.82) is 0 Å². The second-order valence-electron chi connectivity index (χ2n) is 4.32. The molecule has 2 N–H and O–H groups in total. The highest BCUT2D eigenvalue weighted by atomic mass is 16.5. The van der Waals surface area contributed by atoms with E-state index < -0.39 is 18.0 Å². The lowest BCUT2D eigenvalue weighted by Crippen LogP contribution is -2.30. The molecule has 0 fully saturated rings. The molecule has 6 nitrogen and oxygen atoms in total. The van der Waals surface area contributed by atoms with E-state index in [-0.39, 0.29) is 0 Å². The Morgan fingerprint density at radius 3 is 2.62 bits per heavy atom. The van der Waals surface area contributed by atoms with Gasteiger partial charge >= 0.3 is 5.97 Å². The summed E-state index contributed by atoms with van der Waals surface area (Å²) in [6.07, 6.45) is 0.682. The Morgan fingerprint density at radius 2 is 1.95 bits per heavy atom. The van der Waals surface area contributed by atoms with Crippen LogP contribution in [0.25, 0.3) is 0 Å². The van der Waals surface area contributed by atoms with Gasteiger partial charge in [-0.25, -0.2) is 4.79 Å². The number of benzene rings is 1. The number of H-pyrrole nitrogens is 1. The molecule has 0 bridgehead atoms. The number of hydrogen-bond donors (Lipinski definition) is 2. The van der Waals surface area contributed by atoms with E-state index in [1.807, 2.05) is 0 Å². The van der Waals surface area contributed by atoms with Crippen LogP contribution < -0.4 is 10.1 Å². The minimum Gasteiger partial charge on any atom is -0.495 e. The third-order valence-electron chi connectivity index (χ3n) is 2.84. The molecule has 1 amide bonds. The Balaban J connectivity index is 1.98. The van der Waals surface area contributed by atoms with Crippen molar-refractivity contribution in [1.82, 2.24) is 4.98 Å². The molecule has 1 aromatic heterocycles.